The number of likely N-dealkylation sites (tertiary alicyclic amines) is 1. The summed E-state index contributed by atoms with van der Waals surface area (Å²) in [6.07, 6.45) is 9.51. The highest BCUT2D eigenvalue weighted by atomic mass is 16.2. The predicted molar refractivity (Wildman–Crippen MR) is 108 cm³/mol. The second-order valence-corrected chi connectivity index (χ2v) is 10.2. The number of hydrogen-bond acceptors (Lipinski definition) is 2. The van der Waals surface area contributed by atoms with Gasteiger partial charge in [0.1, 0.15) is 0 Å². The molecule has 0 radical (unpaired) electrons. The number of nitrogens with one attached hydrogen (secondary N) is 1. The molecule has 1 aromatic rings. The van der Waals surface area contributed by atoms with E-state index in [0.29, 0.717) is 17.4 Å². The van der Waals surface area contributed by atoms with Gasteiger partial charge in [0.2, 0.25) is 5.91 Å². The lowest BCUT2D eigenvalue weighted by molar-refractivity contribution is -0.129. The third-order valence-corrected chi connectivity index (χ3v) is 8.26. The first-order chi connectivity index (χ1) is 13.1. The van der Waals surface area contributed by atoms with Crippen LogP contribution in [0.25, 0.3) is 0 Å². The van der Waals surface area contributed by atoms with E-state index in [0.717, 1.165) is 43.8 Å². The summed E-state index contributed by atoms with van der Waals surface area (Å²) in [6, 6.07) is 11.0. The van der Waals surface area contributed by atoms with E-state index < -0.39 is 0 Å². The second-order valence-electron chi connectivity index (χ2n) is 10.2. The molecule has 4 bridgehead atoms. The molecule has 27 heavy (non-hydrogen) atoms. The van der Waals surface area contributed by atoms with Crippen molar-refractivity contribution in [1.29, 1.82) is 0 Å². The van der Waals surface area contributed by atoms with E-state index in [4.69, 9.17) is 0 Å². The lowest BCUT2D eigenvalue weighted by atomic mass is 9.48. The van der Waals surface area contributed by atoms with Crippen LogP contribution in [0.4, 0.5) is 0 Å². The Kier molecular flexibility index (Phi) is 4.54. The van der Waals surface area contributed by atoms with Crippen molar-refractivity contribution < 1.29 is 4.79 Å². The first-order valence-corrected chi connectivity index (χ1v) is 11.2. The Balaban J connectivity index is 1.17. The maximum Gasteiger partial charge on any atom is 0.224 e. The Morgan fingerprint density at radius 1 is 1.11 bits per heavy atom. The number of hydrogen-bond donors (Lipinski definition) is 1. The molecule has 2 unspecified atom stereocenters. The van der Waals surface area contributed by atoms with Crippen LogP contribution in [0.1, 0.15) is 57.4 Å². The van der Waals surface area contributed by atoms with Crippen LogP contribution in [-0.2, 0) is 11.3 Å². The molecule has 0 aromatic heterocycles. The van der Waals surface area contributed by atoms with Gasteiger partial charge in [-0.15, -0.1) is 0 Å². The van der Waals surface area contributed by atoms with Crippen LogP contribution in [-0.4, -0.2) is 29.9 Å². The van der Waals surface area contributed by atoms with E-state index in [2.05, 4.69) is 47.5 Å². The Hall–Kier alpha value is -1.35. The van der Waals surface area contributed by atoms with Gasteiger partial charge in [0.25, 0.3) is 0 Å². The van der Waals surface area contributed by atoms with E-state index in [1.54, 1.807) is 0 Å². The zero-order chi connectivity index (χ0) is 18.4. The second kappa shape index (κ2) is 6.92. The zero-order valence-corrected chi connectivity index (χ0v) is 16.7. The van der Waals surface area contributed by atoms with Crippen LogP contribution in [0, 0.1) is 29.1 Å². The van der Waals surface area contributed by atoms with E-state index in [1.807, 2.05) is 0 Å². The minimum absolute atomic E-state index is 0.171. The van der Waals surface area contributed by atoms with Crippen LogP contribution in [0.3, 0.4) is 0 Å². The lowest BCUT2D eigenvalue weighted by Crippen LogP contribution is -2.56. The van der Waals surface area contributed by atoms with E-state index in [9.17, 15) is 4.79 Å². The minimum Gasteiger partial charge on any atom is -0.353 e. The van der Waals surface area contributed by atoms with Crippen LogP contribution < -0.4 is 5.32 Å². The summed E-state index contributed by atoms with van der Waals surface area (Å²) in [5.41, 5.74) is 1.76. The van der Waals surface area contributed by atoms with Gasteiger partial charge in [-0.3, -0.25) is 9.69 Å². The van der Waals surface area contributed by atoms with E-state index >= 15 is 0 Å². The summed E-state index contributed by atoms with van der Waals surface area (Å²) < 4.78 is 0. The van der Waals surface area contributed by atoms with Crippen molar-refractivity contribution >= 4 is 5.91 Å². The molecule has 3 nitrogen and oxygen atoms in total. The highest BCUT2D eigenvalue weighted by Gasteiger charge is 2.53. The van der Waals surface area contributed by atoms with Gasteiger partial charge in [-0.1, -0.05) is 30.3 Å². The largest absolute Gasteiger partial charge is 0.353 e. The Morgan fingerprint density at radius 3 is 2.37 bits per heavy atom. The first-order valence-electron chi connectivity index (χ1n) is 11.2. The van der Waals surface area contributed by atoms with Crippen molar-refractivity contribution in [3.63, 3.8) is 0 Å². The van der Waals surface area contributed by atoms with Gasteiger partial charge in [-0.05, 0) is 87.1 Å². The maximum absolute atomic E-state index is 13.0. The summed E-state index contributed by atoms with van der Waals surface area (Å²) in [5.74, 6) is 3.33. The van der Waals surface area contributed by atoms with Crippen LogP contribution in [0.15, 0.2) is 30.3 Å². The van der Waals surface area contributed by atoms with Gasteiger partial charge in [-0.2, -0.15) is 0 Å². The molecule has 1 aliphatic heterocycles. The van der Waals surface area contributed by atoms with E-state index in [-0.39, 0.29) is 5.92 Å². The molecular formula is C24H34N2O. The summed E-state index contributed by atoms with van der Waals surface area (Å²) in [5, 5.41) is 3.50. The average molecular weight is 367 g/mol. The van der Waals surface area contributed by atoms with Gasteiger partial charge in [0, 0.05) is 19.1 Å². The van der Waals surface area contributed by atoms with Gasteiger partial charge < -0.3 is 5.32 Å². The highest BCUT2D eigenvalue weighted by Crippen LogP contribution is 2.61. The lowest BCUT2D eigenvalue weighted by Gasteiger charge is -2.59. The molecule has 1 aromatic carbocycles. The summed E-state index contributed by atoms with van der Waals surface area (Å²) in [4.78, 5) is 15.4. The number of carbonyl (C=O) groups excluding carboxylic acids is 1. The molecule has 4 saturated carbocycles. The van der Waals surface area contributed by atoms with Crippen molar-refractivity contribution in [3.8, 4) is 0 Å². The van der Waals surface area contributed by atoms with Gasteiger partial charge in [0.05, 0.1) is 5.92 Å². The fourth-order valence-corrected chi connectivity index (χ4v) is 7.22. The molecule has 6 rings (SSSR count). The molecule has 4 aliphatic carbocycles. The van der Waals surface area contributed by atoms with Crippen molar-refractivity contribution in [2.75, 3.05) is 13.1 Å². The normalized spacial score (nSPS) is 38.9. The summed E-state index contributed by atoms with van der Waals surface area (Å²) in [6.45, 7) is 5.23. The van der Waals surface area contributed by atoms with Crippen molar-refractivity contribution in [2.24, 2.45) is 29.1 Å². The predicted octanol–water partition coefficient (Wildman–Crippen LogP) is 4.23. The Morgan fingerprint density at radius 2 is 1.74 bits per heavy atom. The molecule has 146 valence electrons. The molecule has 3 heteroatoms. The standard InChI is InChI=1S/C24H34N2O/c1-17(24-12-19-9-20(13-24)11-21(10-19)14-24)25-23(27)22-7-8-26(16-22)15-18-5-3-2-4-6-18/h2-6,17,19-22H,7-16H2,1H3,(H,25,27). The van der Waals surface area contributed by atoms with Gasteiger partial charge >= 0.3 is 0 Å². The summed E-state index contributed by atoms with van der Waals surface area (Å²) in [7, 11) is 0. The smallest absolute Gasteiger partial charge is 0.224 e. The molecule has 1 saturated heterocycles. The molecule has 1 heterocycles. The van der Waals surface area contributed by atoms with Crippen molar-refractivity contribution in [3.05, 3.63) is 35.9 Å². The highest BCUT2D eigenvalue weighted by molar-refractivity contribution is 5.79. The Bertz CT molecular complexity index is 650. The van der Waals surface area contributed by atoms with Crippen LogP contribution in [0.5, 0.6) is 0 Å². The number of rotatable bonds is 5. The third kappa shape index (κ3) is 3.44. The SMILES string of the molecule is CC(NC(=O)C1CCN(Cc2ccccc2)C1)C12CC3CC(CC(C3)C1)C2. The first kappa shape index (κ1) is 17.7. The molecule has 2 atom stereocenters. The van der Waals surface area contributed by atoms with Crippen LogP contribution >= 0.6 is 0 Å². The quantitative estimate of drug-likeness (QED) is 0.846. The molecular weight excluding hydrogens is 332 g/mol. The minimum atomic E-state index is 0.171. The number of carbonyl (C=O) groups is 1. The third-order valence-electron chi connectivity index (χ3n) is 8.26. The number of benzene rings is 1. The summed E-state index contributed by atoms with van der Waals surface area (Å²) >= 11 is 0. The molecule has 5 fully saturated rings. The van der Waals surface area contributed by atoms with Crippen LogP contribution in [0.2, 0.25) is 0 Å². The zero-order valence-electron chi connectivity index (χ0n) is 16.7. The van der Waals surface area contributed by atoms with Crippen molar-refractivity contribution in [2.45, 2.75) is 64.5 Å². The van der Waals surface area contributed by atoms with Crippen molar-refractivity contribution in [1.82, 2.24) is 10.2 Å². The fourth-order valence-electron chi connectivity index (χ4n) is 7.22. The van der Waals surface area contributed by atoms with E-state index in [1.165, 1.54) is 44.1 Å². The molecule has 0 spiro atoms. The topological polar surface area (TPSA) is 32.3 Å². The average Bonchev–Trinajstić information content (AvgIpc) is 3.10. The van der Waals surface area contributed by atoms with Gasteiger partial charge in [0.15, 0.2) is 0 Å². The molecule has 5 aliphatic rings. The number of nitrogens with zero attached hydrogens (tertiary/aromatic N) is 1. The number of amides is 1. The monoisotopic (exact) mass is 366 g/mol. The Labute approximate surface area is 163 Å². The molecule has 1 amide bonds. The van der Waals surface area contributed by atoms with Gasteiger partial charge in [-0.25, -0.2) is 0 Å². The maximum atomic E-state index is 13.0. The fraction of sp³-hybridized carbons (Fsp3) is 0.708. The molecule has 1 N–H and O–H groups in total.